The number of ether oxygens (including phenoxy) is 1. The molecule has 0 aliphatic rings. The summed E-state index contributed by atoms with van der Waals surface area (Å²) < 4.78 is 5.35. The largest absolute Gasteiger partial charge is 0.495 e. The van der Waals surface area contributed by atoms with Crippen molar-refractivity contribution in [2.75, 3.05) is 17.7 Å². The molecule has 1 amide bonds. The molecule has 2 aromatic carbocycles. The lowest BCUT2D eigenvalue weighted by Gasteiger charge is -2.13. The molecular weight excluding hydrogens is 376 g/mol. The summed E-state index contributed by atoms with van der Waals surface area (Å²) in [5, 5.41) is 15.4. The first-order valence-electron chi connectivity index (χ1n) is 8.39. The highest BCUT2D eigenvalue weighted by molar-refractivity contribution is 6.31. The summed E-state index contributed by atoms with van der Waals surface area (Å²) in [7, 11) is 1.56. The van der Waals surface area contributed by atoms with Gasteiger partial charge in [-0.2, -0.15) is 5.26 Å². The minimum Gasteiger partial charge on any atom is -0.495 e. The van der Waals surface area contributed by atoms with Crippen molar-refractivity contribution >= 4 is 34.7 Å². The van der Waals surface area contributed by atoms with Gasteiger partial charge in [0.1, 0.15) is 11.6 Å². The molecule has 0 aliphatic heterocycles. The highest BCUT2D eigenvalue weighted by Gasteiger charge is 2.11. The van der Waals surface area contributed by atoms with Gasteiger partial charge < -0.3 is 15.4 Å². The monoisotopic (exact) mass is 392 g/mol. The second-order valence-electron chi connectivity index (χ2n) is 6.00. The van der Waals surface area contributed by atoms with E-state index in [0.29, 0.717) is 39.1 Å². The van der Waals surface area contributed by atoms with Crippen LogP contribution in [0.15, 0.2) is 54.7 Å². The number of aromatic nitrogens is 1. The van der Waals surface area contributed by atoms with E-state index in [0.717, 1.165) is 5.56 Å². The Morgan fingerprint density at radius 3 is 2.61 bits per heavy atom. The van der Waals surface area contributed by atoms with Gasteiger partial charge in [-0.15, -0.1) is 0 Å². The lowest BCUT2D eigenvalue weighted by atomic mass is 10.2. The van der Waals surface area contributed by atoms with Crippen LogP contribution in [0.25, 0.3) is 0 Å². The molecule has 0 aliphatic carbocycles. The number of pyridine rings is 1. The van der Waals surface area contributed by atoms with Crippen LogP contribution < -0.4 is 15.4 Å². The zero-order valence-electron chi connectivity index (χ0n) is 15.3. The average molecular weight is 393 g/mol. The molecule has 0 saturated carbocycles. The van der Waals surface area contributed by atoms with Crippen LogP contribution in [0.2, 0.25) is 5.02 Å². The molecule has 1 heterocycles. The molecular formula is C21H17ClN4O2. The molecule has 7 heteroatoms. The fraction of sp³-hybridized carbons (Fsp3) is 0.0952. The van der Waals surface area contributed by atoms with Crippen molar-refractivity contribution in [3.63, 3.8) is 0 Å². The number of rotatable bonds is 5. The van der Waals surface area contributed by atoms with E-state index in [1.54, 1.807) is 55.8 Å². The first-order valence-corrected chi connectivity index (χ1v) is 8.76. The van der Waals surface area contributed by atoms with Gasteiger partial charge >= 0.3 is 0 Å². The van der Waals surface area contributed by atoms with Crippen LogP contribution in [-0.2, 0) is 0 Å². The van der Waals surface area contributed by atoms with Crippen LogP contribution in [-0.4, -0.2) is 18.0 Å². The smallest absolute Gasteiger partial charge is 0.255 e. The number of hydrogen-bond donors (Lipinski definition) is 2. The van der Waals surface area contributed by atoms with Crippen LogP contribution in [0.5, 0.6) is 5.75 Å². The maximum absolute atomic E-state index is 12.5. The fourth-order valence-corrected chi connectivity index (χ4v) is 2.69. The van der Waals surface area contributed by atoms with Gasteiger partial charge in [0.05, 0.1) is 24.4 Å². The molecule has 1 aromatic heterocycles. The number of amides is 1. The summed E-state index contributed by atoms with van der Waals surface area (Å²) in [5.41, 5.74) is 3.15. The van der Waals surface area contributed by atoms with E-state index in [9.17, 15) is 4.79 Å². The van der Waals surface area contributed by atoms with Gasteiger partial charge in [0.25, 0.3) is 5.91 Å². The quantitative estimate of drug-likeness (QED) is 0.643. The maximum atomic E-state index is 12.5. The van der Waals surface area contributed by atoms with E-state index in [2.05, 4.69) is 15.6 Å². The number of carbonyl (C=O) groups is 1. The Kier molecular flexibility index (Phi) is 5.78. The van der Waals surface area contributed by atoms with Crippen molar-refractivity contribution in [3.8, 4) is 11.8 Å². The number of anilines is 3. The fourth-order valence-electron chi connectivity index (χ4n) is 2.54. The first kappa shape index (κ1) is 19.2. The minimum atomic E-state index is -0.283. The van der Waals surface area contributed by atoms with Crippen molar-refractivity contribution in [1.82, 2.24) is 4.98 Å². The van der Waals surface area contributed by atoms with Crippen LogP contribution in [0, 0.1) is 18.3 Å². The Morgan fingerprint density at radius 2 is 1.93 bits per heavy atom. The Labute approximate surface area is 167 Å². The molecule has 0 spiro atoms. The van der Waals surface area contributed by atoms with Gasteiger partial charge in [-0.05, 0) is 55.0 Å². The number of carbonyl (C=O) groups excluding carboxylic acids is 1. The van der Waals surface area contributed by atoms with Gasteiger partial charge in [-0.3, -0.25) is 4.79 Å². The van der Waals surface area contributed by atoms with E-state index >= 15 is 0 Å². The normalized spacial score (nSPS) is 10.1. The van der Waals surface area contributed by atoms with E-state index in [4.69, 9.17) is 21.6 Å². The van der Waals surface area contributed by atoms with Gasteiger partial charge in [0, 0.05) is 28.5 Å². The predicted octanol–water partition coefficient (Wildman–Crippen LogP) is 4.92. The van der Waals surface area contributed by atoms with Crippen molar-refractivity contribution in [1.29, 1.82) is 5.26 Å². The molecule has 28 heavy (non-hydrogen) atoms. The molecule has 0 atom stereocenters. The summed E-state index contributed by atoms with van der Waals surface area (Å²) in [4.78, 5) is 16.8. The number of benzene rings is 2. The Hall–Kier alpha value is -3.56. The predicted molar refractivity (Wildman–Crippen MR) is 109 cm³/mol. The van der Waals surface area contributed by atoms with Crippen molar-refractivity contribution in [2.45, 2.75) is 6.92 Å². The third-order valence-corrected chi connectivity index (χ3v) is 4.44. The van der Waals surface area contributed by atoms with Gasteiger partial charge in [-0.1, -0.05) is 11.6 Å². The number of nitrogens with zero attached hydrogens (tertiary/aromatic N) is 2. The SMILES string of the molecule is COc1cc(Cl)c(C)cc1Nc1cc(C(=O)Nc2ccc(C#N)cc2)ccn1. The summed E-state index contributed by atoms with van der Waals surface area (Å²) in [5.74, 6) is 0.784. The topological polar surface area (TPSA) is 87.0 Å². The molecule has 3 rings (SSSR count). The van der Waals surface area contributed by atoms with E-state index in [-0.39, 0.29) is 5.91 Å². The summed E-state index contributed by atoms with van der Waals surface area (Å²) in [6.07, 6.45) is 1.55. The number of aryl methyl sites for hydroxylation is 1. The summed E-state index contributed by atoms with van der Waals surface area (Å²) in [6, 6.07) is 15.5. The van der Waals surface area contributed by atoms with Crippen molar-refractivity contribution in [3.05, 3.63) is 76.4 Å². The second-order valence-corrected chi connectivity index (χ2v) is 6.41. The Morgan fingerprint density at radius 1 is 1.18 bits per heavy atom. The molecule has 0 unspecified atom stereocenters. The molecule has 0 saturated heterocycles. The van der Waals surface area contributed by atoms with Crippen LogP contribution >= 0.6 is 11.6 Å². The second kappa shape index (κ2) is 8.42. The maximum Gasteiger partial charge on any atom is 0.255 e. The lowest BCUT2D eigenvalue weighted by Crippen LogP contribution is -2.12. The van der Waals surface area contributed by atoms with Gasteiger partial charge in [0.15, 0.2) is 0 Å². The third-order valence-electron chi connectivity index (χ3n) is 4.04. The highest BCUT2D eigenvalue weighted by atomic mass is 35.5. The summed E-state index contributed by atoms with van der Waals surface area (Å²) >= 11 is 6.14. The van der Waals surface area contributed by atoms with E-state index < -0.39 is 0 Å². The average Bonchev–Trinajstić information content (AvgIpc) is 2.71. The Bertz CT molecular complexity index is 1060. The number of halogens is 1. The zero-order chi connectivity index (χ0) is 20.1. The Balaban J connectivity index is 1.79. The lowest BCUT2D eigenvalue weighted by molar-refractivity contribution is 0.102. The zero-order valence-corrected chi connectivity index (χ0v) is 16.0. The number of methoxy groups -OCH3 is 1. The first-order chi connectivity index (χ1) is 13.5. The van der Waals surface area contributed by atoms with Crippen LogP contribution in [0.3, 0.4) is 0 Å². The standard InChI is InChI=1S/C21H17ClN4O2/c1-13-9-18(19(28-2)11-17(13)22)26-20-10-15(7-8-24-20)21(27)25-16-5-3-14(12-23)4-6-16/h3-11H,1-2H3,(H,24,26)(H,25,27). The van der Waals surface area contributed by atoms with Crippen LogP contribution in [0.4, 0.5) is 17.2 Å². The summed E-state index contributed by atoms with van der Waals surface area (Å²) in [6.45, 7) is 1.89. The van der Waals surface area contributed by atoms with Gasteiger partial charge in [0.2, 0.25) is 0 Å². The van der Waals surface area contributed by atoms with Crippen molar-refractivity contribution in [2.24, 2.45) is 0 Å². The molecule has 0 fully saturated rings. The van der Waals surface area contributed by atoms with E-state index in [1.165, 1.54) is 0 Å². The minimum absolute atomic E-state index is 0.283. The number of nitrogens with one attached hydrogen (secondary N) is 2. The highest BCUT2D eigenvalue weighted by Crippen LogP contribution is 2.32. The van der Waals surface area contributed by atoms with E-state index in [1.807, 2.05) is 19.1 Å². The molecule has 0 radical (unpaired) electrons. The molecule has 3 aromatic rings. The van der Waals surface area contributed by atoms with Crippen LogP contribution in [0.1, 0.15) is 21.5 Å². The molecule has 6 nitrogen and oxygen atoms in total. The van der Waals surface area contributed by atoms with Crippen molar-refractivity contribution < 1.29 is 9.53 Å². The molecule has 140 valence electrons. The number of nitriles is 1. The number of hydrogen-bond acceptors (Lipinski definition) is 5. The molecule has 0 bridgehead atoms. The molecule has 2 N–H and O–H groups in total. The third kappa shape index (κ3) is 4.40. The van der Waals surface area contributed by atoms with Gasteiger partial charge in [-0.25, -0.2) is 4.98 Å².